The van der Waals surface area contributed by atoms with Crippen LogP contribution in [0.2, 0.25) is 0 Å². The van der Waals surface area contributed by atoms with E-state index in [-0.39, 0.29) is 0 Å². The summed E-state index contributed by atoms with van der Waals surface area (Å²) in [6.07, 6.45) is 6.15. The highest BCUT2D eigenvalue weighted by Gasteiger charge is 1.99. The first-order valence-electron chi connectivity index (χ1n) is 5.46. The van der Waals surface area contributed by atoms with E-state index >= 15 is 0 Å². The van der Waals surface area contributed by atoms with Gasteiger partial charge in [-0.1, -0.05) is 31.2 Å². The van der Waals surface area contributed by atoms with E-state index in [1.165, 1.54) is 17.5 Å². The Morgan fingerprint density at radius 2 is 1.75 bits per heavy atom. The summed E-state index contributed by atoms with van der Waals surface area (Å²) in [6.45, 7) is 2.99. The van der Waals surface area contributed by atoms with Gasteiger partial charge in [-0.3, -0.25) is 0 Å². The van der Waals surface area contributed by atoms with Crippen LogP contribution in [0.4, 0.5) is 5.69 Å². The molecular formula is C13H15N3. The van der Waals surface area contributed by atoms with Gasteiger partial charge in [0, 0.05) is 6.54 Å². The van der Waals surface area contributed by atoms with Crippen molar-refractivity contribution >= 4 is 5.69 Å². The SMILES string of the molecule is CCc1ccccc1CNc1cncnc1. The smallest absolute Gasteiger partial charge is 0.115 e. The van der Waals surface area contributed by atoms with Crippen molar-refractivity contribution in [3.8, 4) is 0 Å². The molecule has 1 N–H and O–H groups in total. The van der Waals surface area contributed by atoms with Crippen LogP contribution >= 0.6 is 0 Å². The number of anilines is 1. The van der Waals surface area contributed by atoms with Crippen LogP contribution in [-0.4, -0.2) is 9.97 Å². The van der Waals surface area contributed by atoms with Gasteiger partial charge in [0.15, 0.2) is 0 Å². The molecule has 1 aromatic carbocycles. The molecule has 0 aliphatic heterocycles. The van der Waals surface area contributed by atoms with Crippen molar-refractivity contribution in [1.82, 2.24) is 9.97 Å². The zero-order chi connectivity index (χ0) is 11.2. The van der Waals surface area contributed by atoms with E-state index in [4.69, 9.17) is 0 Å². The van der Waals surface area contributed by atoms with E-state index < -0.39 is 0 Å². The van der Waals surface area contributed by atoms with Crippen LogP contribution in [0, 0.1) is 0 Å². The zero-order valence-corrected chi connectivity index (χ0v) is 9.35. The lowest BCUT2D eigenvalue weighted by Crippen LogP contribution is -2.02. The Balaban J connectivity index is 2.05. The molecule has 1 aromatic heterocycles. The third-order valence-electron chi connectivity index (χ3n) is 2.54. The Morgan fingerprint density at radius 1 is 1.06 bits per heavy atom. The van der Waals surface area contributed by atoms with Crippen LogP contribution < -0.4 is 5.32 Å². The van der Waals surface area contributed by atoms with Crippen molar-refractivity contribution in [1.29, 1.82) is 0 Å². The minimum absolute atomic E-state index is 0.817. The highest BCUT2D eigenvalue weighted by molar-refractivity contribution is 5.39. The molecule has 2 aromatic rings. The number of nitrogens with one attached hydrogen (secondary N) is 1. The number of benzene rings is 1. The molecule has 3 nitrogen and oxygen atoms in total. The monoisotopic (exact) mass is 213 g/mol. The number of nitrogens with zero attached hydrogens (tertiary/aromatic N) is 2. The summed E-state index contributed by atoms with van der Waals surface area (Å²) in [5, 5.41) is 3.31. The van der Waals surface area contributed by atoms with Crippen molar-refractivity contribution in [2.75, 3.05) is 5.32 Å². The summed E-state index contributed by atoms with van der Waals surface area (Å²) in [5.74, 6) is 0. The van der Waals surface area contributed by atoms with E-state index in [1.54, 1.807) is 12.4 Å². The number of aryl methyl sites for hydroxylation is 1. The van der Waals surface area contributed by atoms with Crippen LogP contribution in [0.1, 0.15) is 18.1 Å². The van der Waals surface area contributed by atoms with Crippen molar-refractivity contribution in [2.45, 2.75) is 19.9 Å². The Bertz CT molecular complexity index is 440. The van der Waals surface area contributed by atoms with Crippen LogP contribution in [-0.2, 0) is 13.0 Å². The van der Waals surface area contributed by atoms with Gasteiger partial charge >= 0.3 is 0 Å². The van der Waals surface area contributed by atoms with E-state index in [0.29, 0.717) is 0 Å². The average molecular weight is 213 g/mol. The molecule has 3 heteroatoms. The van der Waals surface area contributed by atoms with Gasteiger partial charge in [-0.2, -0.15) is 0 Å². The van der Waals surface area contributed by atoms with Gasteiger partial charge in [0.05, 0.1) is 18.1 Å². The zero-order valence-electron chi connectivity index (χ0n) is 9.35. The lowest BCUT2D eigenvalue weighted by molar-refractivity contribution is 1.03. The summed E-state index contributed by atoms with van der Waals surface area (Å²) in [4.78, 5) is 7.93. The number of rotatable bonds is 4. The lowest BCUT2D eigenvalue weighted by atomic mass is 10.1. The summed E-state index contributed by atoms with van der Waals surface area (Å²) in [7, 11) is 0. The second kappa shape index (κ2) is 5.26. The average Bonchev–Trinajstić information content (AvgIpc) is 2.38. The maximum absolute atomic E-state index is 3.97. The lowest BCUT2D eigenvalue weighted by Gasteiger charge is -2.09. The van der Waals surface area contributed by atoms with Gasteiger partial charge in [-0.25, -0.2) is 9.97 Å². The molecule has 0 bridgehead atoms. The standard InChI is InChI=1S/C13H15N3/c1-2-11-5-3-4-6-12(11)7-16-13-8-14-10-15-9-13/h3-6,8-10,16H,2,7H2,1H3. The molecule has 2 rings (SSSR count). The van der Waals surface area contributed by atoms with E-state index in [2.05, 4.69) is 46.5 Å². The molecule has 0 unspecified atom stereocenters. The van der Waals surface area contributed by atoms with Gasteiger partial charge in [0.25, 0.3) is 0 Å². The molecule has 0 saturated heterocycles. The molecule has 0 saturated carbocycles. The molecule has 1 heterocycles. The highest BCUT2D eigenvalue weighted by Crippen LogP contribution is 2.11. The van der Waals surface area contributed by atoms with Gasteiger partial charge in [0.2, 0.25) is 0 Å². The highest BCUT2D eigenvalue weighted by atomic mass is 14.9. The van der Waals surface area contributed by atoms with Gasteiger partial charge < -0.3 is 5.32 Å². The molecule has 0 spiro atoms. The van der Waals surface area contributed by atoms with Crippen molar-refractivity contribution in [2.24, 2.45) is 0 Å². The molecule has 0 aliphatic carbocycles. The largest absolute Gasteiger partial charge is 0.378 e. The Hall–Kier alpha value is -1.90. The molecule has 0 radical (unpaired) electrons. The van der Waals surface area contributed by atoms with Crippen LogP contribution in [0.3, 0.4) is 0 Å². The minimum atomic E-state index is 0.817. The molecule has 82 valence electrons. The molecular weight excluding hydrogens is 198 g/mol. The minimum Gasteiger partial charge on any atom is -0.378 e. The van der Waals surface area contributed by atoms with Gasteiger partial charge in [-0.15, -0.1) is 0 Å². The number of hydrogen-bond donors (Lipinski definition) is 1. The van der Waals surface area contributed by atoms with Crippen molar-refractivity contribution in [3.63, 3.8) is 0 Å². The molecule has 0 fully saturated rings. The molecule has 0 atom stereocenters. The summed E-state index contributed by atoms with van der Waals surface area (Å²) >= 11 is 0. The topological polar surface area (TPSA) is 37.8 Å². The third kappa shape index (κ3) is 2.57. The predicted octanol–water partition coefficient (Wildman–Crippen LogP) is 2.65. The first-order chi connectivity index (χ1) is 7.90. The fourth-order valence-corrected chi connectivity index (χ4v) is 1.66. The molecule has 0 amide bonds. The summed E-state index contributed by atoms with van der Waals surface area (Å²) in [6, 6.07) is 8.46. The first kappa shape index (κ1) is 10.6. The fourth-order valence-electron chi connectivity index (χ4n) is 1.66. The van der Waals surface area contributed by atoms with Crippen molar-refractivity contribution in [3.05, 3.63) is 54.1 Å². The van der Waals surface area contributed by atoms with E-state index in [0.717, 1.165) is 18.7 Å². The fraction of sp³-hybridized carbons (Fsp3) is 0.231. The van der Waals surface area contributed by atoms with Crippen LogP contribution in [0.15, 0.2) is 43.0 Å². The normalized spacial score (nSPS) is 10.1. The maximum Gasteiger partial charge on any atom is 0.115 e. The summed E-state index contributed by atoms with van der Waals surface area (Å²) in [5.41, 5.74) is 3.66. The first-order valence-corrected chi connectivity index (χ1v) is 5.46. The quantitative estimate of drug-likeness (QED) is 0.848. The molecule has 16 heavy (non-hydrogen) atoms. The maximum atomic E-state index is 3.97. The number of aromatic nitrogens is 2. The van der Waals surface area contributed by atoms with E-state index in [1.807, 2.05) is 0 Å². The third-order valence-corrected chi connectivity index (χ3v) is 2.54. The Kier molecular flexibility index (Phi) is 3.49. The van der Waals surface area contributed by atoms with Crippen molar-refractivity contribution < 1.29 is 0 Å². The van der Waals surface area contributed by atoms with Crippen LogP contribution in [0.5, 0.6) is 0 Å². The predicted molar refractivity (Wildman–Crippen MR) is 65.2 cm³/mol. The second-order valence-electron chi connectivity index (χ2n) is 3.60. The van der Waals surface area contributed by atoms with Crippen LogP contribution in [0.25, 0.3) is 0 Å². The summed E-state index contributed by atoms with van der Waals surface area (Å²) < 4.78 is 0. The second-order valence-corrected chi connectivity index (χ2v) is 3.60. The van der Waals surface area contributed by atoms with Gasteiger partial charge in [0.1, 0.15) is 6.33 Å². The Morgan fingerprint density at radius 3 is 2.44 bits per heavy atom. The van der Waals surface area contributed by atoms with Gasteiger partial charge in [-0.05, 0) is 17.5 Å². The molecule has 0 aliphatic rings. The van der Waals surface area contributed by atoms with E-state index in [9.17, 15) is 0 Å². The number of hydrogen-bond acceptors (Lipinski definition) is 3. The Labute approximate surface area is 95.6 Å².